The van der Waals surface area contributed by atoms with Crippen LogP contribution in [0.1, 0.15) is 50.6 Å². The summed E-state index contributed by atoms with van der Waals surface area (Å²) in [6, 6.07) is 0.212. The highest BCUT2D eigenvalue weighted by molar-refractivity contribution is 5.73. The molecule has 1 aliphatic carbocycles. The van der Waals surface area contributed by atoms with E-state index in [-0.39, 0.29) is 17.3 Å². The summed E-state index contributed by atoms with van der Waals surface area (Å²) in [7, 11) is 0. The van der Waals surface area contributed by atoms with Crippen molar-refractivity contribution in [2.45, 2.75) is 58.0 Å². The van der Waals surface area contributed by atoms with Gasteiger partial charge in [0.05, 0.1) is 5.56 Å². The first kappa shape index (κ1) is 12.4. The smallest absolute Gasteiger partial charge is 0.275 e. The summed E-state index contributed by atoms with van der Waals surface area (Å²) in [6.45, 7) is 2.27. The van der Waals surface area contributed by atoms with Crippen LogP contribution < -0.4 is 11.2 Å². The van der Waals surface area contributed by atoms with E-state index < -0.39 is 0 Å². The number of aliphatic imine (C=N–C) groups is 1. The van der Waals surface area contributed by atoms with Gasteiger partial charge < -0.3 is 0 Å². The summed E-state index contributed by atoms with van der Waals surface area (Å²) >= 11 is 0. The lowest BCUT2D eigenvalue weighted by Gasteiger charge is -2.26. The fourth-order valence-electron chi connectivity index (χ4n) is 3.20. The summed E-state index contributed by atoms with van der Waals surface area (Å²) in [5.74, 6) is 0.617. The highest BCUT2D eigenvalue weighted by atomic mass is 16.2. The van der Waals surface area contributed by atoms with Gasteiger partial charge >= 0.3 is 5.69 Å². The molecule has 5 heteroatoms. The molecule has 1 fully saturated rings. The Balaban J connectivity index is 2.22. The molecule has 0 amide bonds. The Morgan fingerprint density at radius 2 is 2.00 bits per heavy atom. The maximum atomic E-state index is 12.5. The lowest BCUT2D eigenvalue weighted by Crippen LogP contribution is -2.42. The van der Waals surface area contributed by atoms with E-state index in [1.54, 1.807) is 10.8 Å². The molecule has 5 nitrogen and oxygen atoms in total. The van der Waals surface area contributed by atoms with Gasteiger partial charge in [0.15, 0.2) is 0 Å². The van der Waals surface area contributed by atoms with Gasteiger partial charge in [-0.25, -0.2) is 9.79 Å². The minimum Gasteiger partial charge on any atom is -0.275 e. The van der Waals surface area contributed by atoms with Gasteiger partial charge in [0.25, 0.3) is 5.56 Å². The summed E-state index contributed by atoms with van der Waals surface area (Å²) in [4.78, 5) is 29.0. The van der Waals surface area contributed by atoms with Crippen molar-refractivity contribution in [1.29, 1.82) is 0 Å². The Bertz CT molecular complexity index is 633. The molecule has 2 heterocycles. The van der Waals surface area contributed by atoms with E-state index in [1.165, 1.54) is 11.0 Å². The minimum atomic E-state index is -0.183. The molecule has 0 unspecified atom stereocenters. The van der Waals surface area contributed by atoms with Crippen LogP contribution in [0.2, 0.25) is 0 Å². The molecule has 102 valence electrons. The fourth-order valence-corrected chi connectivity index (χ4v) is 3.20. The molecule has 0 atom stereocenters. The standard InChI is InChI=1S/C14H19N3O2/c1-2-16-13(18)11-8-9-15-12(11)17(14(16)19)10-6-4-3-5-7-10/h9-10H,2-8H2,1H3. The van der Waals surface area contributed by atoms with E-state index in [1.807, 2.05) is 6.92 Å². The van der Waals surface area contributed by atoms with Crippen LogP contribution >= 0.6 is 0 Å². The van der Waals surface area contributed by atoms with Crippen molar-refractivity contribution in [3.63, 3.8) is 0 Å². The number of hydrogen-bond acceptors (Lipinski definition) is 3. The normalized spacial score (nSPS) is 18.8. The summed E-state index contributed by atoms with van der Waals surface area (Å²) < 4.78 is 3.13. The zero-order valence-corrected chi connectivity index (χ0v) is 11.3. The van der Waals surface area contributed by atoms with Crippen LogP contribution in [-0.4, -0.2) is 15.3 Å². The number of nitrogens with zero attached hydrogens (tertiary/aromatic N) is 3. The molecule has 0 radical (unpaired) electrons. The van der Waals surface area contributed by atoms with Crippen LogP contribution in [0.3, 0.4) is 0 Å². The average Bonchev–Trinajstić information content (AvgIpc) is 2.90. The lowest BCUT2D eigenvalue weighted by molar-refractivity contribution is 0.337. The Hall–Kier alpha value is -1.65. The van der Waals surface area contributed by atoms with Crippen molar-refractivity contribution >= 4 is 12.0 Å². The number of fused-ring (bicyclic) bond motifs is 1. The molecule has 1 aromatic rings. The monoisotopic (exact) mass is 261 g/mol. The molecule has 1 saturated carbocycles. The number of aromatic nitrogens is 2. The van der Waals surface area contributed by atoms with Gasteiger partial charge in [-0.15, -0.1) is 0 Å². The Morgan fingerprint density at radius 1 is 1.26 bits per heavy atom. The molecule has 0 saturated heterocycles. The summed E-state index contributed by atoms with van der Waals surface area (Å²) in [5.41, 5.74) is 0.344. The van der Waals surface area contributed by atoms with E-state index in [9.17, 15) is 9.59 Å². The van der Waals surface area contributed by atoms with Gasteiger partial charge in [0.2, 0.25) is 0 Å². The van der Waals surface area contributed by atoms with E-state index in [4.69, 9.17) is 0 Å². The van der Waals surface area contributed by atoms with E-state index in [2.05, 4.69) is 4.99 Å². The topological polar surface area (TPSA) is 56.4 Å². The molecule has 3 rings (SSSR count). The average molecular weight is 261 g/mol. The van der Waals surface area contributed by atoms with Crippen molar-refractivity contribution in [3.05, 3.63) is 26.4 Å². The van der Waals surface area contributed by atoms with Gasteiger partial charge in [-0.2, -0.15) is 0 Å². The third kappa shape index (κ3) is 1.88. The van der Waals surface area contributed by atoms with Gasteiger partial charge in [-0.05, 0) is 19.8 Å². The Labute approximate surface area is 111 Å². The number of hydrogen-bond donors (Lipinski definition) is 0. The van der Waals surface area contributed by atoms with Crippen LogP contribution in [0, 0.1) is 0 Å². The van der Waals surface area contributed by atoms with Crippen molar-refractivity contribution in [1.82, 2.24) is 9.13 Å². The van der Waals surface area contributed by atoms with Crippen molar-refractivity contribution in [3.8, 4) is 0 Å². The van der Waals surface area contributed by atoms with Crippen LogP contribution in [-0.2, 0) is 13.0 Å². The molecule has 0 aromatic carbocycles. The first-order chi connectivity index (χ1) is 9.24. The predicted octanol–water partition coefficient (Wildman–Crippen LogP) is 1.79. The molecular weight excluding hydrogens is 242 g/mol. The lowest BCUT2D eigenvalue weighted by atomic mass is 9.95. The van der Waals surface area contributed by atoms with Crippen molar-refractivity contribution < 1.29 is 0 Å². The molecule has 0 N–H and O–H groups in total. The number of rotatable bonds is 2. The van der Waals surface area contributed by atoms with E-state index in [0.717, 1.165) is 25.7 Å². The second-order valence-electron chi connectivity index (χ2n) is 5.31. The maximum Gasteiger partial charge on any atom is 0.332 e. The molecule has 19 heavy (non-hydrogen) atoms. The van der Waals surface area contributed by atoms with E-state index >= 15 is 0 Å². The third-order valence-corrected chi connectivity index (χ3v) is 4.20. The van der Waals surface area contributed by atoms with Crippen LogP contribution in [0.25, 0.3) is 0 Å². The van der Waals surface area contributed by atoms with Crippen LogP contribution in [0.5, 0.6) is 0 Å². The highest BCUT2D eigenvalue weighted by Gasteiger charge is 2.26. The second kappa shape index (κ2) is 4.79. The van der Waals surface area contributed by atoms with Crippen molar-refractivity contribution in [2.75, 3.05) is 0 Å². The molecule has 1 aliphatic heterocycles. The summed E-state index contributed by atoms with van der Waals surface area (Å²) in [5, 5.41) is 0. The molecular formula is C14H19N3O2. The van der Waals surface area contributed by atoms with Crippen LogP contribution in [0.15, 0.2) is 14.6 Å². The van der Waals surface area contributed by atoms with Gasteiger partial charge in [-0.3, -0.25) is 13.9 Å². The fraction of sp³-hybridized carbons (Fsp3) is 0.643. The first-order valence-corrected chi connectivity index (χ1v) is 7.14. The second-order valence-corrected chi connectivity index (χ2v) is 5.31. The maximum absolute atomic E-state index is 12.5. The predicted molar refractivity (Wildman–Crippen MR) is 74.6 cm³/mol. The van der Waals surface area contributed by atoms with Gasteiger partial charge in [-0.1, -0.05) is 19.3 Å². The van der Waals surface area contributed by atoms with E-state index in [0.29, 0.717) is 24.3 Å². The largest absolute Gasteiger partial charge is 0.332 e. The molecule has 0 bridgehead atoms. The zero-order chi connectivity index (χ0) is 13.4. The first-order valence-electron chi connectivity index (χ1n) is 7.14. The molecule has 1 aromatic heterocycles. The van der Waals surface area contributed by atoms with Crippen molar-refractivity contribution in [2.24, 2.45) is 4.99 Å². The highest BCUT2D eigenvalue weighted by Crippen LogP contribution is 2.31. The quantitative estimate of drug-likeness (QED) is 0.815. The molecule has 2 aliphatic rings. The Kier molecular flexibility index (Phi) is 3.12. The Morgan fingerprint density at radius 3 is 2.68 bits per heavy atom. The summed E-state index contributed by atoms with van der Waals surface area (Å²) in [6.07, 6.45) is 7.88. The van der Waals surface area contributed by atoms with Crippen LogP contribution in [0.4, 0.5) is 5.82 Å². The zero-order valence-electron chi connectivity index (χ0n) is 11.3. The minimum absolute atomic E-state index is 0.160. The SMILES string of the molecule is CCn1c(=O)c2c(n(C3CCCCC3)c1=O)N=CC2. The van der Waals surface area contributed by atoms with Gasteiger partial charge in [0.1, 0.15) is 5.82 Å². The molecule has 0 spiro atoms. The van der Waals surface area contributed by atoms with Gasteiger partial charge in [0, 0.05) is 25.2 Å². The third-order valence-electron chi connectivity index (χ3n) is 4.20.